The molecule has 13 heavy (non-hydrogen) atoms. The third-order valence-electron chi connectivity index (χ3n) is 1.71. The normalized spacial score (nSPS) is 11.5. The van der Waals surface area contributed by atoms with Gasteiger partial charge < -0.3 is 4.57 Å². The van der Waals surface area contributed by atoms with E-state index in [9.17, 15) is 0 Å². The molecule has 0 saturated carbocycles. The summed E-state index contributed by atoms with van der Waals surface area (Å²) < 4.78 is 2.58. The molecule has 0 fully saturated rings. The first-order valence-electron chi connectivity index (χ1n) is 5.00. The second kappa shape index (κ2) is 7.89. The Hall–Kier alpha value is 0.527. The molecule has 1 nitrogen and oxygen atoms in total. The Morgan fingerprint density at radius 2 is 1.15 bits per heavy atom. The van der Waals surface area contributed by atoms with Crippen molar-refractivity contribution in [2.45, 2.75) is 33.5 Å². The summed E-state index contributed by atoms with van der Waals surface area (Å²) in [6.45, 7) is 14.1. The van der Waals surface area contributed by atoms with Gasteiger partial charge in [-0.1, -0.05) is 33.5 Å². The summed E-state index contributed by atoms with van der Waals surface area (Å²) in [7, 11) is -0.314. The van der Waals surface area contributed by atoms with Gasteiger partial charge in [-0.15, -0.1) is 0 Å². The summed E-state index contributed by atoms with van der Waals surface area (Å²) in [6, 6.07) is 0. The molecular weight excluding hydrogens is 194 g/mol. The first-order chi connectivity index (χ1) is 5.75. The summed E-state index contributed by atoms with van der Waals surface area (Å²) in [5.74, 6) is 0. The molecule has 0 atom stereocenters. The predicted octanol–water partition coefficient (Wildman–Crippen LogP) is 2.66. The maximum absolute atomic E-state index is 2.58. The van der Waals surface area contributed by atoms with Crippen molar-refractivity contribution >= 4 is 19.1 Å². The SMILES string of the molecule is CCN(CC)[Si](C)(C)C.C[S+](C)C. The Morgan fingerprint density at radius 3 is 1.15 bits per heavy atom. The average Bonchev–Trinajstić information content (AvgIpc) is 1.85. The molecule has 0 aliphatic heterocycles. The highest BCUT2D eigenvalue weighted by Gasteiger charge is 2.19. The van der Waals surface area contributed by atoms with Gasteiger partial charge in [-0.3, -0.25) is 0 Å². The van der Waals surface area contributed by atoms with Gasteiger partial charge in [0.2, 0.25) is 0 Å². The monoisotopic (exact) mass is 222 g/mol. The van der Waals surface area contributed by atoms with Gasteiger partial charge in [0, 0.05) is 0 Å². The van der Waals surface area contributed by atoms with Crippen LogP contribution in [-0.4, -0.2) is 44.7 Å². The van der Waals surface area contributed by atoms with Crippen LogP contribution in [0.5, 0.6) is 0 Å². The van der Waals surface area contributed by atoms with Crippen molar-refractivity contribution in [3.63, 3.8) is 0 Å². The lowest BCUT2D eigenvalue weighted by atomic mass is 10.7. The number of hydrogen-bond donors (Lipinski definition) is 0. The fourth-order valence-corrected chi connectivity index (χ4v) is 3.07. The van der Waals surface area contributed by atoms with Crippen molar-refractivity contribution in [2.24, 2.45) is 0 Å². The number of nitrogens with zero attached hydrogens (tertiary/aromatic N) is 1. The zero-order valence-electron chi connectivity index (χ0n) is 10.8. The minimum absolute atomic E-state index is 0.639. The number of hydrogen-bond acceptors (Lipinski definition) is 1. The Balaban J connectivity index is 0. The molecule has 0 aromatic rings. The highest BCUT2D eigenvalue weighted by Crippen LogP contribution is 2.06. The molecular formula is C10H28NSSi+. The van der Waals surface area contributed by atoms with E-state index in [2.05, 4.69) is 56.8 Å². The molecule has 0 radical (unpaired) electrons. The third-order valence-corrected chi connectivity index (χ3v) is 4.24. The topological polar surface area (TPSA) is 3.24 Å². The highest BCUT2D eigenvalue weighted by atomic mass is 32.2. The van der Waals surface area contributed by atoms with Crippen molar-refractivity contribution in [3.8, 4) is 0 Å². The van der Waals surface area contributed by atoms with Gasteiger partial charge in [0.1, 0.15) is 8.24 Å². The molecule has 0 bridgehead atoms. The van der Waals surface area contributed by atoms with Gasteiger partial charge in [-0.2, -0.15) is 0 Å². The van der Waals surface area contributed by atoms with Crippen LogP contribution < -0.4 is 0 Å². The van der Waals surface area contributed by atoms with E-state index >= 15 is 0 Å². The fourth-order valence-electron chi connectivity index (χ4n) is 1.17. The first-order valence-corrected chi connectivity index (χ1v) is 10.9. The molecule has 0 saturated heterocycles. The molecule has 0 aliphatic rings. The average molecular weight is 222 g/mol. The van der Waals surface area contributed by atoms with Crippen LogP contribution in [0.2, 0.25) is 19.6 Å². The minimum Gasteiger partial charge on any atom is -0.324 e. The lowest BCUT2D eigenvalue weighted by Crippen LogP contribution is -2.45. The van der Waals surface area contributed by atoms with Gasteiger partial charge in [-0.25, -0.2) is 0 Å². The Bertz CT molecular complexity index is 103. The summed E-state index contributed by atoms with van der Waals surface area (Å²) >= 11 is 0. The van der Waals surface area contributed by atoms with Gasteiger partial charge in [0.15, 0.2) is 0 Å². The molecule has 0 aliphatic carbocycles. The standard InChI is InChI=1S/C7H19NSi.C3H9S/c1-6-8(7-2)9(3,4)5;1-4(2)3/h6-7H2,1-5H3;1-3H3/q;+1. The summed E-state index contributed by atoms with van der Waals surface area (Å²) in [5.41, 5.74) is 0. The first kappa shape index (κ1) is 16.0. The lowest BCUT2D eigenvalue weighted by molar-refractivity contribution is 0.470. The van der Waals surface area contributed by atoms with Gasteiger partial charge in [0.05, 0.1) is 18.8 Å². The highest BCUT2D eigenvalue weighted by molar-refractivity contribution is 7.94. The molecule has 82 valence electrons. The molecule has 0 aromatic carbocycles. The molecule has 3 heteroatoms. The molecule has 0 amide bonds. The second-order valence-electron chi connectivity index (χ2n) is 4.57. The molecule has 0 heterocycles. The summed E-state index contributed by atoms with van der Waals surface area (Å²) in [6.07, 6.45) is 6.58. The zero-order valence-corrected chi connectivity index (χ0v) is 12.6. The molecule has 0 N–H and O–H groups in total. The second-order valence-corrected chi connectivity index (χ2v) is 12.0. The molecule has 0 aromatic heterocycles. The molecule has 0 rings (SSSR count). The van der Waals surface area contributed by atoms with Crippen LogP contribution in [0.3, 0.4) is 0 Å². The van der Waals surface area contributed by atoms with Crippen LogP contribution in [0.4, 0.5) is 0 Å². The van der Waals surface area contributed by atoms with E-state index in [4.69, 9.17) is 0 Å². The minimum atomic E-state index is -0.953. The predicted molar refractivity (Wildman–Crippen MR) is 71.4 cm³/mol. The van der Waals surface area contributed by atoms with E-state index in [0.29, 0.717) is 10.9 Å². The fraction of sp³-hybridized carbons (Fsp3) is 1.00. The van der Waals surface area contributed by atoms with E-state index in [1.807, 2.05) is 0 Å². The molecule has 0 unspecified atom stereocenters. The summed E-state index contributed by atoms with van der Waals surface area (Å²) in [5, 5.41) is 0. The van der Waals surface area contributed by atoms with Gasteiger partial charge in [0.25, 0.3) is 0 Å². The van der Waals surface area contributed by atoms with E-state index in [-0.39, 0.29) is 0 Å². The zero-order chi connectivity index (χ0) is 11.1. The van der Waals surface area contributed by atoms with Crippen molar-refractivity contribution in [1.82, 2.24) is 4.57 Å². The van der Waals surface area contributed by atoms with Crippen molar-refractivity contribution in [3.05, 3.63) is 0 Å². The van der Waals surface area contributed by atoms with Crippen LogP contribution >= 0.6 is 0 Å². The van der Waals surface area contributed by atoms with Crippen LogP contribution in [0.25, 0.3) is 0 Å². The maximum atomic E-state index is 2.58. The van der Waals surface area contributed by atoms with E-state index in [0.717, 1.165) is 0 Å². The Labute approximate surface area is 89.3 Å². The molecule has 0 spiro atoms. The smallest absolute Gasteiger partial charge is 0.119 e. The van der Waals surface area contributed by atoms with Crippen LogP contribution in [0, 0.1) is 0 Å². The summed E-state index contributed by atoms with van der Waals surface area (Å²) in [4.78, 5) is 0. The quantitative estimate of drug-likeness (QED) is 0.524. The Morgan fingerprint density at radius 1 is 0.923 bits per heavy atom. The Kier molecular flexibility index (Phi) is 9.69. The van der Waals surface area contributed by atoms with Gasteiger partial charge in [-0.05, 0) is 24.0 Å². The van der Waals surface area contributed by atoms with Crippen LogP contribution in [-0.2, 0) is 10.9 Å². The largest absolute Gasteiger partial charge is 0.324 e. The van der Waals surface area contributed by atoms with Crippen molar-refractivity contribution < 1.29 is 0 Å². The van der Waals surface area contributed by atoms with Crippen molar-refractivity contribution in [1.29, 1.82) is 0 Å². The van der Waals surface area contributed by atoms with Gasteiger partial charge >= 0.3 is 0 Å². The number of rotatable bonds is 3. The van der Waals surface area contributed by atoms with E-state index < -0.39 is 8.24 Å². The third kappa shape index (κ3) is 12.5. The van der Waals surface area contributed by atoms with Crippen LogP contribution in [0.15, 0.2) is 0 Å². The van der Waals surface area contributed by atoms with E-state index in [1.54, 1.807) is 0 Å². The van der Waals surface area contributed by atoms with E-state index in [1.165, 1.54) is 13.1 Å². The lowest BCUT2D eigenvalue weighted by Gasteiger charge is -2.31. The van der Waals surface area contributed by atoms with Crippen molar-refractivity contribution in [2.75, 3.05) is 31.9 Å². The maximum Gasteiger partial charge on any atom is 0.119 e. The van der Waals surface area contributed by atoms with Crippen LogP contribution in [0.1, 0.15) is 13.8 Å².